The first-order valence-corrected chi connectivity index (χ1v) is 7.69. The predicted octanol–water partition coefficient (Wildman–Crippen LogP) is 4.83. The van der Waals surface area contributed by atoms with E-state index in [2.05, 4.69) is 0 Å². The summed E-state index contributed by atoms with van der Waals surface area (Å²) in [5.74, 6) is 2.08. The van der Waals surface area contributed by atoms with Crippen LogP contribution in [0.5, 0.6) is 23.0 Å². The Labute approximate surface area is 150 Å². The second kappa shape index (κ2) is 9.48. The van der Waals surface area contributed by atoms with Gasteiger partial charge in [0.1, 0.15) is 50.1 Å². The third kappa shape index (κ3) is 5.10. The highest BCUT2D eigenvalue weighted by Crippen LogP contribution is 2.28. The molecule has 2 aromatic rings. The van der Waals surface area contributed by atoms with E-state index in [0.717, 1.165) is 0 Å². The lowest BCUT2D eigenvalue weighted by atomic mass is 10.3. The standard InChI is InChI=1S/C20H16O6/c1-2-6-18-17(5-1)23-13-9-21-11-15-25-19-7-3-4-8-20(19)26-16-12-22-10-14-24-18/h1-16H. The number of ether oxygens (including phenoxy) is 6. The number of hydrogen-bond acceptors (Lipinski definition) is 6. The van der Waals surface area contributed by atoms with Gasteiger partial charge in [0.2, 0.25) is 0 Å². The third-order valence-corrected chi connectivity index (χ3v) is 3.01. The lowest BCUT2D eigenvalue weighted by Gasteiger charge is -2.07. The molecule has 0 saturated carbocycles. The van der Waals surface area contributed by atoms with Crippen LogP contribution in [-0.4, -0.2) is 0 Å². The molecular weight excluding hydrogens is 336 g/mol. The molecule has 0 amide bonds. The zero-order valence-corrected chi connectivity index (χ0v) is 13.7. The molecule has 0 atom stereocenters. The van der Waals surface area contributed by atoms with E-state index in [4.69, 9.17) is 28.4 Å². The van der Waals surface area contributed by atoms with Gasteiger partial charge in [-0.25, -0.2) is 0 Å². The van der Waals surface area contributed by atoms with Gasteiger partial charge in [-0.15, -0.1) is 0 Å². The molecule has 3 rings (SSSR count). The van der Waals surface area contributed by atoms with Crippen molar-refractivity contribution in [2.75, 3.05) is 0 Å². The van der Waals surface area contributed by atoms with Crippen LogP contribution in [0, 0.1) is 0 Å². The molecule has 6 nitrogen and oxygen atoms in total. The van der Waals surface area contributed by atoms with Crippen LogP contribution in [0.1, 0.15) is 0 Å². The Hall–Kier alpha value is -3.80. The van der Waals surface area contributed by atoms with Gasteiger partial charge in [0.05, 0.1) is 0 Å². The van der Waals surface area contributed by atoms with Crippen molar-refractivity contribution in [3.63, 3.8) is 0 Å². The highest BCUT2D eigenvalue weighted by Gasteiger charge is 2.02. The highest BCUT2D eigenvalue weighted by molar-refractivity contribution is 5.41. The summed E-state index contributed by atoms with van der Waals surface area (Å²) in [6, 6.07) is 14.4. The first kappa shape index (κ1) is 17.0. The van der Waals surface area contributed by atoms with Gasteiger partial charge in [-0.2, -0.15) is 0 Å². The molecule has 0 spiro atoms. The molecule has 1 aliphatic rings. The van der Waals surface area contributed by atoms with Gasteiger partial charge in [-0.05, 0) is 24.3 Å². The lowest BCUT2D eigenvalue weighted by Crippen LogP contribution is -1.90. The average molecular weight is 352 g/mol. The number of hydrogen-bond donors (Lipinski definition) is 0. The molecule has 0 N–H and O–H groups in total. The molecule has 2 aromatic carbocycles. The van der Waals surface area contributed by atoms with Gasteiger partial charge >= 0.3 is 0 Å². The average Bonchev–Trinajstić information content (AvgIpc) is 2.68. The topological polar surface area (TPSA) is 55.4 Å². The quantitative estimate of drug-likeness (QED) is 0.677. The minimum Gasteiger partial charge on any atom is -0.466 e. The third-order valence-electron chi connectivity index (χ3n) is 3.01. The van der Waals surface area contributed by atoms with Gasteiger partial charge in [-0.1, -0.05) is 24.3 Å². The van der Waals surface area contributed by atoms with Crippen molar-refractivity contribution in [2.24, 2.45) is 0 Å². The number of benzene rings is 2. The molecule has 1 heterocycles. The maximum absolute atomic E-state index is 5.48. The number of fused-ring (bicyclic) bond motifs is 2. The molecule has 132 valence electrons. The van der Waals surface area contributed by atoms with Crippen LogP contribution in [0.3, 0.4) is 0 Å². The van der Waals surface area contributed by atoms with Crippen LogP contribution in [0.15, 0.2) is 98.6 Å². The minimum absolute atomic E-state index is 0.520. The van der Waals surface area contributed by atoms with Crippen LogP contribution in [0.25, 0.3) is 0 Å². The van der Waals surface area contributed by atoms with Crippen LogP contribution in [0.4, 0.5) is 0 Å². The molecule has 0 radical (unpaired) electrons. The van der Waals surface area contributed by atoms with E-state index in [1.54, 1.807) is 24.3 Å². The lowest BCUT2D eigenvalue weighted by molar-refractivity contribution is 0.331. The van der Waals surface area contributed by atoms with Crippen molar-refractivity contribution in [1.82, 2.24) is 0 Å². The van der Waals surface area contributed by atoms with Crippen molar-refractivity contribution in [3.05, 3.63) is 98.6 Å². The monoisotopic (exact) mass is 352 g/mol. The Kier molecular flexibility index (Phi) is 6.22. The molecule has 0 unspecified atom stereocenters. The van der Waals surface area contributed by atoms with E-state index >= 15 is 0 Å². The molecule has 0 aliphatic carbocycles. The molecule has 0 saturated heterocycles. The van der Waals surface area contributed by atoms with Gasteiger partial charge in [-0.3, -0.25) is 0 Å². The minimum atomic E-state index is 0.520. The van der Waals surface area contributed by atoms with E-state index in [1.165, 1.54) is 50.1 Å². The molecular formula is C20H16O6. The summed E-state index contributed by atoms with van der Waals surface area (Å²) in [4.78, 5) is 0. The van der Waals surface area contributed by atoms with Crippen LogP contribution in [0.2, 0.25) is 0 Å². The van der Waals surface area contributed by atoms with Gasteiger partial charge < -0.3 is 28.4 Å². The Morgan fingerprint density at radius 2 is 0.615 bits per heavy atom. The normalized spacial score (nSPS) is 13.8. The summed E-state index contributed by atoms with van der Waals surface area (Å²) in [5.41, 5.74) is 0. The molecule has 26 heavy (non-hydrogen) atoms. The van der Waals surface area contributed by atoms with E-state index in [9.17, 15) is 0 Å². The Balaban J connectivity index is 1.74. The van der Waals surface area contributed by atoms with Crippen LogP contribution >= 0.6 is 0 Å². The Bertz CT molecular complexity index is 687. The Morgan fingerprint density at radius 3 is 0.885 bits per heavy atom. The van der Waals surface area contributed by atoms with E-state index in [0.29, 0.717) is 23.0 Å². The summed E-state index contributed by atoms with van der Waals surface area (Å²) in [5, 5.41) is 0. The summed E-state index contributed by atoms with van der Waals surface area (Å²) >= 11 is 0. The van der Waals surface area contributed by atoms with Crippen LogP contribution < -0.4 is 18.9 Å². The largest absolute Gasteiger partial charge is 0.466 e. The molecule has 0 bridgehead atoms. The molecule has 0 aromatic heterocycles. The molecule has 1 aliphatic heterocycles. The highest BCUT2D eigenvalue weighted by atomic mass is 16.5. The van der Waals surface area contributed by atoms with Gasteiger partial charge in [0, 0.05) is 0 Å². The van der Waals surface area contributed by atoms with Crippen molar-refractivity contribution >= 4 is 0 Å². The van der Waals surface area contributed by atoms with Crippen molar-refractivity contribution < 1.29 is 28.4 Å². The van der Waals surface area contributed by atoms with E-state index in [1.807, 2.05) is 24.3 Å². The fraction of sp³-hybridized carbons (Fsp3) is 0. The smallest absolute Gasteiger partial charge is 0.169 e. The molecule has 0 fully saturated rings. The maximum atomic E-state index is 5.48. The van der Waals surface area contributed by atoms with Crippen molar-refractivity contribution in [2.45, 2.75) is 0 Å². The maximum Gasteiger partial charge on any atom is 0.169 e. The predicted molar refractivity (Wildman–Crippen MR) is 94.1 cm³/mol. The van der Waals surface area contributed by atoms with Crippen LogP contribution in [-0.2, 0) is 9.47 Å². The number of rotatable bonds is 0. The summed E-state index contributed by atoms with van der Waals surface area (Å²) in [6.45, 7) is 0. The fourth-order valence-electron chi connectivity index (χ4n) is 1.91. The van der Waals surface area contributed by atoms with Gasteiger partial charge in [0.15, 0.2) is 23.0 Å². The van der Waals surface area contributed by atoms with Crippen molar-refractivity contribution in [3.8, 4) is 23.0 Å². The summed E-state index contributed by atoms with van der Waals surface area (Å²) in [6.07, 6.45) is 11.0. The second-order valence-corrected chi connectivity index (χ2v) is 4.73. The number of para-hydroxylation sites is 4. The van der Waals surface area contributed by atoms with E-state index < -0.39 is 0 Å². The fourth-order valence-corrected chi connectivity index (χ4v) is 1.91. The van der Waals surface area contributed by atoms with E-state index in [-0.39, 0.29) is 0 Å². The first-order valence-electron chi connectivity index (χ1n) is 7.69. The van der Waals surface area contributed by atoms with Gasteiger partial charge in [0.25, 0.3) is 0 Å². The zero-order chi connectivity index (χ0) is 17.9. The summed E-state index contributed by atoms with van der Waals surface area (Å²) in [7, 11) is 0. The molecule has 6 heteroatoms. The SMILES string of the molecule is C1=COc2ccccc2OC=COC=COc2ccccc2OC=CO1. The zero-order valence-electron chi connectivity index (χ0n) is 13.7. The second-order valence-electron chi connectivity index (χ2n) is 4.73. The summed E-state index contributed by atoms with van der Waals surface area (Å²) < 4.78 is 32.2. The first-order chi connectivity index (χ1) is 12.9. The Morgan fingerprint density at radius 1 is 0.346 bits per heavy atom. The van der Waals surface area contributed by atoms with Crippen molar-refractivity contribution in [1.29, 1.82) is 0 Å².